The maximum atomic E-state index is 6.10. The lowest BCUT2D eigenvalue weighted by Crippen LogP contribution is -2.16. The van der Waals surface area contributed by atoms with Gasteiger partial charge in [-0.15, -0.1) is 0 Å². The van der Waals surface area contributed by atoms with Gasteiger partial charge in [0.25, 0.3) is 0 Å². The Morgan fingerprint density at radius 1 is 1.31 bits per heavy atom. The molecule has 0 spiro atoms. The standard InChI is InChI=1S/C11H16BrClN2S/c1-5-16-6-7-14-9(11(2,3)4)8(12)10(13)15-7/h5-6H2,1-4H3. The summed E-state index contributed by atoms with van der Waals surface area (Å²) in [5, 5.41) is 0.506. The molecule has 0 aliphatic heterocycles. The van der Waals surface area contributed by atoms with E-state index in [1.807, 2.05) is 0 Å². The van der Waals surface area contributed by atoms with E-state index in [0.29, 0.717) is 5.15 Å². The lowest BCUT2D eigenvalue weighted by molar-refractivity contribution is 0.560. The number of rotatable bonds is 3. The second kappa shape index (κ2) is 5.69. The molecule has 0 aromatic carbocycles. The van der Waals surface area contributed by atoms with Crippen molar-refractivity contribution in [3.63, 3.8) is 0 Å². The highest BCUT2D eigenvalue weighted by atomic mass is 79.9. The molecular formula is C11H16BrClN2S. The van der Waals surface area contributed by atoms with Gasteiger partial charge in [0.1, 0.15) is 11.0 Å². The molecule has 0 radical (unpaired) electrons. The lowest BCUT2D eigenvalue weighted by Gasteiger charge is -2.20. The van der Waals surface area contributed by atoms with Crippen LogP contribution in [0, 0.1) is 0 Å². The fourth-order valence-electron chi connectivity index (χ4n) is 1.22. The number of thioether (sulfide) groups is 1. The van der Waals surface area contributed by atoms with E-state index >= 15 is 0 Å². The first kappa shape index (κ1) is 14.3. The molecule has 1 aromatic heterocycles. The molecule has 0 aliphatic rings. The minimum atomic E-state index is -0.0307. The molecule has 0 aliphatic carbocycles. The fraction of sp³-hybridized carbons (Fsp3) is 0.636. The van der Waals surface area contributed by atoms with Crippen molar-refractivity contribution in [1.82, 2.24) is 9.97 Å². The predicted octanol–water partition coefficient (Wildman–Crippen LogP) is 4.44. The number of aromatic nitrogens is 2. The quantitative estimate of drug-likeness (QED) is 0.769. The van der Waals surface area contributed by atoms with Gasteiger partial charge in [0.15, 0.2) is 0 Å². The Balaban J connectivity index is 3.12. The van der Waals surface area contributed by atoms with Crippen LogP contribution in [0.5, 0.6) is 0 Å². The highest BCUT2D eigenvalue weighted by Crippen LogP contribution is 2.32. The first-order valence-corrected chi connectivity index (χ1v) is 7.49. The number of hydrogen-bond acceptors (Lipinski definition) is 3. The van der Waals surface area contributed by atoms with Gasteiger partial charge in [-0.2, -0.15) is 11.8 Å². The van der Waals surface area contributed by atoms with Crippen molar-refractivity contribution in [2.45, 2.75) is 38.9 Å². The zero-order chi connectivity index (χ0) is 12.3. The summed E-state index contributed by atoms with van der Waals surface area (Å²) >= 11 is 11.3. The fourth-order valence-corrected chi connectivity index (χ4v) is 2.69. The molecule has 0 saturated heterocycles. The Morgan fingerprint density at radius 3 is 2.44 bits per heavy atom. The molecule has 0 saturated carbocycles. The van der Waals surface area contributed by atoms with Gasteiger partial charge in [0.05, 0.1) is 15.9 Å². The van der Waals surface area contributed by atoms with Crippen molar-refractivity contribution < 1.29 is 0 Å². The topological polar surface area (TPSA) is 25.8 Å². The van der Waals surface area contributed by atoms with Gasteiger partial charge < -0.3 is 0 Å². The third-order valence-electron chi connectivity index (χ3n) is 2.00. The van der Waals surface area contributed by atoms with E-state index in [1.54, 1.807) is 11.8 Å². The first-order valence-electron chi connectivity index (χ1n) is 5.16. The number of halogens is 2. The third kappa shape index (κ3) is 3.60. The summed E-state index contributed by atoms with van der Waals surface area (Å²) in [7, 11) is 0. The molecular weight excluding hydrogens is 308 g/mol. The summed E-state index contributed by atoms with van der Waals surface area (Å²) in [5.41, 5.74) is 0.941. The summed E-state index contributed by atoms with van der Waals surface area (Å²) in [6.45, 7) is 8.48. The van der Waals surface area contributed by atoms with E-state index in [-0.39, 0.29) is 5.41 Å². The number of nitrogens with zero attached hydrogens (tertiary/aromatic N) is 2. The first-order chi connectivity index (χ1) is 7.36. The number of hydrogen-bond donors (Lipinski definition) is 0. The molecule has 0 fully saturated rings. The normalized spacial score (nSPS) is 11.9. The highest BCUT2D eigenvalue weighted by molar-refractivity contribution is 9.10. The Hall–Kier alpha value is 0.200. The van der Waals surface area contributed by atoms with Crippen LogP contribution in [0.2, 0.25) is 5.15 Å². The summed E-state index contributed by atoms with van der Waals surface area (Å²) in [6, 6.07) is 0. The molecule has 5 heteroatoms. The second-order valence-electron chi connectivity index (χ2n) is 4.48. The third-order valence-corrected chi connectivity index (χ3v) is 4.13. The smallest absolute Gasteiger partial charge is 0.147 e. The molecule has 1 rings (SSSR count). The van der Waals surface area contributed by atoms with Gasteiger partial charge >= 0.3 is 0 Å². The minimum absolute atomic E-state index is 0.0307. The van der Waals surface area contributed by atoms with Crippen molar-refractivity contribution in [2.24, 2.45) is 0 Å². The zero-order valence-corrected chi connectivity index (χ0v) is 13.1. The van der Waals surface area contributed by atoms with Gasteiger partial charge in [0.2, 0.25) is 0 Å². The Labute approximate surface area is 115 Å². The molecule has 2 nitrogen and oxygen atoms in total. The minimum Gasteiger partial charge on any atom is -0.235 e. The van der Waals surface area contributed by atoms with E-state index in [0.717, 1.165) is 27.5 Å². The van der Waals surface area contributed by atoms with Crippen LogP contribution < -0.4 is 0 Å². The van der Waals surface area contributed by atoms with Gasteiger partial charge in [-0.3, -0.25) is 0 Å². The van der Waals surface area contributed by atoms with Gasteiger partial charge in [0, 0.05) is 5.41 Å². The van der Waals surface area contributed by atoms with Crippen molar-refractivity contribution >= 4 is 39.3 Å². The van der Waals surface area contributed by atoms with Crippen LogP contribution in [0.3, 0.4) is 0 Å². The van der Waals surface area contributed by atoms with Crippen molar-refractivity contribution in [3.8, 4) is 0 Å². The van der Waals surface area contributed by atoms with E-state index < -0.39 is 0 Å². The summed E-state index contributed by atoms with van der Waals surface area (Å²) in [5.74, 6) is 2.68. The SMILES string of the molecule is CCSCc1nc(Cl)c(Br)c(C(C)(C)C)n1. The molecule has 0 N–H and O–H groups in total. The molecule has 1 heterocycles. The van der Waals surface area contributed by atoms with Crippen molar-refractivity contribution in [3.05, 3.63) is 21.1 Å². The van der Waals surface area contributed by atoms with Crippen LogP contribution in [0.4, 0.5) is 0 Å². The largest absolute Gasteiger partial charge is 0.235 e. The van der Waals surface area contributed by atoms with Crippen LogP contribution in [-0.2, 0) is 11.2 Å². The van der Waals surface area contributed by atoms with E-state index in [1.165, 1.54) is 0 Å². The lowest BCUT2D eigenvalue weighted by atomic mass is 9.92. The summed E-state index contributed by atoms with van der Waals surface area (Å²) in [4.78, 5) is 8.85. The molecule has 0 amide bonds. The maximum absolute atomic E-state index is 6.10. The molecule has 0 atom stereocenters. The predicted molar refractivity (Wildman–Crippen MR) is 75.3 cm³/mol. The van der Waals surface area contributed by atoms with E-state index in [9.17, 15) is 0 Å². The Bertz CT molecular complexity index is 377. The molecule has 1 aromatic rings. The molecule has 0 unspecified atom stereocenters. The summed E-state index contributed by atoms with van der Waals surface area (Å²) < 4.78 is 0.812. The second-order valence-corrected chi connectivity index (χ2v) is 6.91. The molecule has 0 bridgehead atoms. The maximum Gasteiger partial charge on any atom is 0.147 e. The van der Waals surface area contributed by atoms with Gasteiger partial charge in [-0.05, 0) is 21.7 Å². The Kier molecular flexibility index (Phi) is 5.08. The zero-order valence-electron chi connectivity index (χ0n) is 9.97. The van der Waals surface area contributed by atoms with Crippen LogP contribution in [0.15, 0.2) is 4.47 Å². The van der Waals surface area contributed by atoms with Gasteiger partial charge in [-0.25, -0.2) is 9.97 Å². The summed E-state index contributed by atoms with van der Waals surface area (Å²) in [6.07, 6.45) is 0. The average Bonchev–Trinajstić information content (AvgIpc) is 2.17. The molecule has 16 heavy (non-hydrogen) atoms. The van der Waals surface area contributed by atoms with E-state index in [2.05, 4.69) is 53.6 Å². The van der Waals surface area contributed by atoms with E-state index in [4.69, 9.17) is 11.6 Å². The van der Waals surface area contributed by atoms with Crippen molar-refractivity contribution in [2.75, 3.05) is 5.75 Å². The average molecular weight is 324 g/mol. The van der Waals surface area contributed by atoms with Crippen LogP contribution in [-0.4, -0.2) is 15.7 Å². The van der Waals surface area contributed by atoms with Crippen LogP contribution in [0.1, 0.15) is 39.2 Å². The Morgan fingerprint density at radius 2 is 1.94 bits per heavy atom. The van der Waals surface area contributed by atoms with Crippen LogP contribution >= 0.6 is 39.3 Å². The highest BCUT2D eigenvalue weighted by Gasteiger charge is 2.22. The molecule has 90 valence electrons. The van der Waals surface area contributed by atoms with Crippen LogP contribution in [0.25, 0.3) is 0 Å². The monoisotopic (exact) mass is 322 g/mol. The van der Waals surface area contributed by atoms with Gasteiger partial charge in [-0.1, -0.05) is 39.3 Å². The van der Waals surface area contributed by atoms with Crippen molar-refractivity contribution in [1.29, 1.82) is 0 Å².